The van der Waals surface area contributed by atoms with E-state index in [1.165, 1.54) is 6.07 Å². The molecule has 5 aromatic rings. The highest BCUT2D eigenvalue weighted by molar-refractivity contribution is 6.00. The summed E-state index contributed by atoms with van der Waals surface area (Å²) in [5.74, 6) is -4.22. The minimum Gasteiger partial charge on any atom is -0.338 e. The number of anilines is 2. The van der Waals surface area contributed by atoms with Crippen molar-refractivity contribution < 1.29 is 31.1 Å². The number of hydrogen-bond acceptors (Lipinski definition) is 2. The second-order valence-corrected chi connectivity index (χ2v) is 8.28. The first-order chi connectivity index (χ1) is 18.1. The van der Waals surface area contributed by atoms with Crippen molar-refractivity contribution in [3.63, 3.8) is 0 Å². The highest BCUT2D eigenvalue weighted by atomic mass is 19.4. The molecule has 2 amide bonds. The number of amides is 2. The first-order valence-electron chi connectivity index (χ1n) is 11.1. The third-order valence-corrected chi connectivity index (χ3v) is 5.68. The molecular formula is C27H16F6N4O. The van der Waals surface area contributed by atoms with Crippen LogP contribution >= 0.6 is 0 Å². The van der Waals surface area contributed by atoms with Crippen LogP contribution in [-0.4, -0.2) is 16.0 Å². The fourth-order valence-electron chi connectivity index (χ4n) is 3.85. The zero-order chi connectivity index (χ0) is 27.0. The Labute approximate surface area is 211 Å². The fraction of sp³-hybridized carbons (Fsp3) is 0.0370. The van der Waals surface area contributed by atoms with Gasteiger partial charge in [0, 0.05) is 11.3 Å². The van der Waals surface area contributed by atoms with Crippen molar-refractivity contribution >= 4 is 28.4 Å². The van der Waals surface area contributed by atoms with Crippen LogP contribution in [0.3, 0.4) is 0 Å². The van der Waals surface area contributed by atoms with Crippen molar-refractivity contribution in [2.24, 2.45) is 0 Å². The van der Waals surface area contributed by atoms with Gasteiger partial charge in [0.25, 0.3) is 0 Å². The van der Waals surface area contributed by atoms with Crippen molar-refractivity contribution in [3.8, 4) is 22.5 Å². The van der Waals surface area contributed by atoms with E-state index >= 15 is 0 Å². The average Bonchev–Trinajstić information content (AvgIpc) is 3.32. The van der Waals surface area contributed by atoms with Crippen LogP contribution in [0.1, 0.15) is 5.56 Å². The number of imidazole rings is 1. The summed E-state index contributed by atoms with van der Waals surface area (Å²) < 4.78 is 79.5. The quantitative estimate of drug-likeness (QED) is 0.164. The van der Waals surface area contributed by atoms with Gasteiger partial charge in [-0.2, -0.15) is 13.2 Å². The number of hydrogen-bond donors (Lipinski definition) is 3. The lowest BCUT2D eigenvalue weighted by atomic mass is 10.0. The van der Waals surface area contributed by atoms with Gasteiger partial charge in [-0.1, -0.05) is 30.3 Å². The number of H-pyrrole nitrogens is 1. The van der Waals surface area contributed by atoms with Gasteiger partial charge in [-0.3, -0.25) is 0 Å². The molecule has 4 aromatic carbocycles. The molecule has 192 valence electrons. The topological polar surface area (TPSA) is 69.8 Å². The third kappa shape index (κ3) is 5.03. The molecule has 0 unspecified atom stereocenters. The number of carbonyl (C=O) groups is 1. The van der Waals surface area contributed by atoms with E-state index in [0.717, 1.165) is 23.8 Å². The number of urea groups is 1. The summed E-state index contributed by atoms with van der Waals surface area (Å²) in [5.41, 5.74) is 1.67. The third-order valence-electron chi connectivity index (χ3n) is 5.68. The van der Waals surface area contributed by atoms with Crippen molar-refractivity contribution in [1.82, 2.24) is 9.97 Å². The molecule has 0 saturated heterocycles. The number of carbonyl (C=O) groups excluding carboxylic acids is 1. The Morgan fingerprint density at radius 1 is 0.763 bits per heavy atom. The van der Waals surface area contributed by atoms with Crippen LogP contribution in [0.5, 0.6) is 0 Å². The molecule has 0 fully saturated rings. The van der Waals surface area contributed by atoms with Gasteiger partial charge in [0.05, 0.1) is 22.3 Å². The number of aromatic amines is 1. The lowest BCUT2D eigenvalue weighted by Crippen LogP contribution is -2.20. The van der Waals surface area contributed by atoms with Gasteiger partial charge in [-0.05, 0) is 59.7 Å². The monoisotopic (exact) mass is 526 g/mol. The second kappa shape index (κ2) is 9.58. The van der Waals surface area contributed by atoms with Crippen LogP contribution < -0.4 is 10.6 Å². The average molecular weight is 526 g/mol. The Kier molecular flexibility index (Phi) is 6.27. The maximum absolute atomic E-state index is 13.8. The Morgan fingerprint density at radius 3 is 2.24 bits per heavy atom. The summed E-state index contributed by atoms with van der Waals surface area (Å²) in [6.45, 7) is 0. The Balaban J connectivity index is 1.37. The first kappa shape index (κ1) is 24.9. The van der Waals surface area contributed by atoms with Gasteiger partial charge in [0.1, 0.15) is 5.82 Å². The number of benzene rings is 4. The molecule has 0 saturated carbocycles. The molecule has 0 spiro atoms. The molecule has 5 nitrogen and oxygen atoms in total. The predicted molar refractivity (Wildman–Crippen MR) is 131 cm³/mol. The van der Waals surface area contributed by atoms with Crippen molar-refractivity contribution in [3.05, 3.63) is 102 Å². The van der Waals surface area contributed by atoms with Crippen molar-refractivity contribution in [2.75, 3.05) is 10.6 Å². The number of nitrogens with one attached hydrogen (secondary N) is 3. The first-order valence-corrected chi connectivity index (χ1v) is 11.1. The SMILES string of the molecule is O=C(Nc1cccc(-c2cccc(-c3nc4ccc(C(F)(F)F)cc4[nH]3)c2)c1)Nc1ccc(F)c(F)c1F. The second-order valence-electron chi connectivity index (χ2n) is 8.28. The highest BCUT2D eigenvalue weighted by Gasteiger charge is 2.30. The van der Waals surface area contributed by atoms with Gasteiger partial charge in [-0.25, -0.2) is 22.9 Å². The molecule has 5 rings (SSSR count). The van der Waals surface area contributed by atoms with Gasteiger partial charge in [0.2, 0.25) is 0 Å². The van der Waals surface area contributed by atoms with E-state index in [2.05, 4.69) is 20.6 Å². The molecular weight excluding hydrogens is 510 g/mol. The van der Waals surface area contributed by atoms with E-state index in [4.69, 9.17) is 0 Å². The molecule has 0 aliphatic rings. The van der Waals surface area contributed by atoms with E-state index in [9.17, 15) is 31.1 Å². The molecule has 38 heavy (non-hydrogen) atoms. The van der Waals surface area contributed by atoms with E-state index in [1.54, 1.807) is 48.5 Å². The number of alkyl halides is 3. The minimum absolute atomic E-state index is 0.245. The summed E-state index contributed by atoms with van der Waals surface area (Å²) in [6, 6.07) is 17.7. The number of halogens is 6. The molecule has 0 aliphatic heterocycles. The van der Waals surface area contributed by atoms with Crippen LogP contribution in [0.4, 0.5) is 42.5 Å². The van der Waals surface area contributed by atoms with Crippen molar-refractivity contribution in [1.29, 1.82) is 0 Å². The summed E-state index contributed by atoms with van der Waals surface area (Å²) in [6.07, 6.45) is -4.47. The van der Waals surface area contributed by atoms with E-state index < -0.39 is 40.9 Å². The molecule has 1 heterocycles. The largest absolute Gasteiger partial charge is 0.416 e. The van der Waals surface area contributed by atoms with Crippen LogP contribution in [0, 0.1) is 17.5 Å². The summed E-state index contributed by atoms with van der Waals surface area (Å²) >= 11 is 0. The lowest BCUT2D eigenvalue weighted by molar-refractivity contribution is -0.137. The highest BCUT2D eigenvalue weighted by Crippen LogP contribution is 2.32. The van der Waals surface area contributed by atoms with Crippen LogP contribution in [0.15, 0.2) is 78.9 Å². The standard InChI is InChI=1S/C27H16F6N4O/c28-19-8-10-21(24(30)23(19)29)37-26(38)34-18-6-2-4-15(12-18)14-3-1-5-16(11-14)25-35-20-9-7-17(27(31,32)33)13-22(20)36-25/h1-13H,(H,35,36)(H2,34,37,38). The van der Waals surface area contributed by atoms with Crippen LogP contribution in [0.25, 0.3) is 33.5 Å². The molecule has 11 heteroatoms. The minimum atomic E-state index is -4.47. The maximum atomic E-state index is 13.8. The van der Waals surface area contributed by atoms with Gasteiger partial charge in [0.15, 0.2) is 17.5 Å². The van der Waals surface area contributed by atoms with E-state index in [-0.39, 0.29) is 5.52 Å². The van der Waals surface area contributed by atoms with Crippen molar-refractivity contribution in [2.45, 2.75) is 6.18 Å². The number of rotatable bonds is 4. The number of aromatic nitrogens is 2. The number of fused-ring (bicyclic) bond motifs is 1. The van der Waals surface area contributed by atoms with Gasteiger partial charge in [-0.15, -0.1) is 0 Å². The maximum Gasteiger partial charge on any atom is 0.416 e. The predicted octanol–water partition coefficient (Wildman–Crippen LogP) is 7.98. The smallest absolute Gasteiger partial charge is 0.338 e. The zero-order valence-corrected chi connectivity index (χ0v) is 19.1. The zero-order valence-electron chi connectivity index (χ0n) is 19.1. The molecule has 0 aliphatic carbocycles. The molecule has 1 aromatic heterocycles. The molecule has 0 atom stereocenters. The summed E-state index contributed by atoms with van der Waals surface area (Å²) in [5, 5.41) is 4.63. The summed E-state index contributed by atoms with van der Waals surface area (Å²) in [4.78, 5) is 19.6. The normalized spacial score (nSPS) is 11.5. The Hall–Kier alpha value is -4.80. The number of nitrogens with zero attached hydrogens (tertiary/aromatic N) is 1. The lowest BCUT2D eigenvalue weighted by Gasteiger charge is -2.11. The molecule has 0 radical (unpaired) electrons. The Morgan fingerprint density at radius 2 is 1.47 bits per heavy atom. The van der Waals surface area contributed by atoms with Crippen LogP contribution in [0.2, 0.25) is 0 Å². The van der Waals surface area contributed by atoms with E-state index in [0.29, 0.717) is 34.2 Å². The summed E-state index contributed by atoms with van der Waals surface area (Å²) in [7, 11) is 0. The van der Waals surface area contributed by atoms with Crippen LogP contribution in [-0.2, 0) is 6.18 Å². The molecule has 0 bridgehead atoms. The van der Waals surface area contributed by atoms with E-state index in [1.807, 2.05) is 0 Å². The molecule has 3 N–H and O–H groups in total. The van der Waals surface area contributed by atoms with Gasteiger partial charge < -0.3 is 15.6 Å². The van der Waals surface area contributed by atoms with Gasteiger partial charge >= 0.3 is 12.2 Å². The fourth-order valence-corrected chi connectivity index (χ4v) is 3.85. The Bertz CT molecular complexity index is 1680.